The molecule has 0 radical (unpaired) electrons. The zero-order valence-electron chi connectivity index (χ0n) is 11.3. The molecule has 0 aromatic heterocycles. The lowest BCUT2D eigenvalue weighted by atomic mass is 10.1. The Kier molecular flexibility index (Phi) is 4.75. The molecule has 18 heavy (non-hydrogen) atoms. The molecule has 0 amide bonds. The molecule has 1 saturated heterocycles. The number of morpholine rings is 1. The van der Waals surface area contributed by atoms with Gasteiger partial charge in [0.15, 0.2) is 0 Å². The molecule has 0 aliphatic carbocycles. The van der Waals surface area contributed by atoms with Gasteiger partial charge in [0.05, 0.1) is 19.3 Å². The van der Waals surface area contributed by atoms with Gasteiger partial charge in [-0.05, 0) is 24.5 Å². The van der Waals surface area contributed by atoms with Crippen molar-refractivity contribution in [1.82, 2.24) is 4.90 Å². The van der Waals surface area contributed by atoms with E-state index in [1.54, 1.807) is 0 Å². The van der Waals surface area contributed by atoms with Crippen LogP contribution >= 0.6 is 0 Å². The molecule has 1 heterocycles. The second-order valence-corrected chi connectivity index (χ2v) is 5.09. The molecule has 100 valence electrons. The molecule has 3 heteroatoms. The smallest absolute Gasteiger partial charge is 0.0933 e. The lowest BCUT2D eigenvalue weighted by Gasteiger charge is -2.37. The van der Waals surface area contributed by atoms with Gasteiger partial charge in [-0.1, -0.05) is 31.2 Å². The lowest BCUT2D eigenvalue weighted by Crippen LogP contribution is -2.48. The largest absolute Gasteiger partial charge is 0.394 e. The van der Waals surface area contributed by atoms with Crippen LogP contribution in [0.2, 0.25) is 0 Å². The fraction of sp³-hybridized carbons (Fsp3) is 0.600. The van der Waals surface area contributed by atoms with Crippen molar-refractivity contribution in [2.24, 2.45) is 0 Å². The van der Waals surface area contributed by atoms with Crippen LogP contribution in [0.5, 0.6) is 0 Å². The molecule has 2 rings (SSSR count). The molecule has 2 atom stereocenters. The summed E-state index contributed by atoms with van der Waals surface area (Å²) in [5.41, 5.74) is 2.71. The van der Waals surface area contributed by atoms with Gasteiger partial charge in [0.1, 0.15) is 0 Å². The summed E-state index contributed by atoms with van der Waals surface area (Å²) < 4.78 is 5.55. The molecule has 1 fully saturated rings. The Hall–Kier alpha value is -0.900. The summed E-state index contributed by atoms with van der Waals surface area (Å²) in [6.07, 6.45) is 1.05. The summed E-state index contributed by atoms with van der Waals surface area (Å²) in [6.45, 7) is 6.91. The number of aliphatic hydroxyl groups excluding tert-OH is 1. The maximum atomic E-state index is 9.18. The topological polar surface area (TPSA) is 32.7 Å². The minimum absolute atomic E-state index is 0.0314. The van der Waals surface area contributed by atoms with Crippen LogP contribution in [0.15, 0.2) is 24.3 Å². The van der Waals surface area contributed by atoms with Crippen LogP contribution in [-0.4, -0.2) is 41.9 Å². The standard InChI is InChI=1S/C15H23NO2/c1-3-13-4-6-14(7-5-13)8-16-9-15(10-17)18-11-12(16)2/h4-7,12,15,17H,3,8-11H2,1-2H3. The highest BCUT2D eigenvalue weighted by molar-refractivity contribution is 5.22. The number of rotatable bonds is 4. The maximum absolute atomic E-state index is 9.18. The zero-order chi connectivity index (χ0) is 13.0. The van der Waals surface area contributed by atoms with Gasteiger partial charge in [-0.3, -0.25) is 4.90 Å². The van der Waals surface area contributed by atoms with Crippen molar-refractivity contribution in [2.45, 2.75) is 39.0 Å². The Morgan fingerprint density at radius 1 is 1.28 bits per heavy atom. The van der Waals surface area contributed by atoms with Gasteiger partial charge in [0.2, 0.25) is 0 Å². The molecular formula is C15H23NO2. The minimum atomic E-state index is -0.0314. The van der Waals surface area contributed by atoms with Crippen molar-refractivity contribution in [3.05, 3.63) is 35.4 Å². The lowest BCUT2D eigenvalue weighted by molar-refractivity contribution is -0.0805. The van der Waals surface area contributed by atoms with Gasteiger partial charge in [-0.15, -0.1) is 0 Å². The van der Waals surface area contributed by atoms with E-state index in [4.69, 9.17) is 4.74 Å². The first kappa shape index (κ1) is 13.5. The predicted molar refractivity (Wildman–Crippen MR) is 72.5 cm³/mol. The Bertz CT molecular complexity index is 363. The minimum Gasteiger partial charge on any atom is -0.394 e. The van der Waals surface area contributed by atoms with E-state index in [0.29, 0.717) is 12.6 Å². The van der Waals surface area contributed by atoms with E-state index < -0.39 is 0 Å². The fourth-order valence-electron chi connectivity index (χ4n) is 2.32. The number of ether oxygens (including phenoxy) is 1. The number of aryl methyl sites for hydroxylation is 1. The molecule has 0 saturated carbocycles. The highest BCUT2D eigenvalue weighted by Gasteiger charge is 2.25. The highest BCUT2D eigenvalue weighted by atomic mass is 16.5. The number of hydrogen-bond acceptors (Lipinski definition) is 3. The highest BCUT2D eigenvalue weighted by Crippen LogP contribution is 2.16. The van der Waals surface area contributed by atoms with Crippen molar-refractivity contribution >= 4 is 0 Å². The second-order valence-electron chi connectivity index (χ2n) is 5.09. The van der Waals surface area contributed by atoms with Crippen molar-refractivity contribution in [3.8, 4) is 0 Å². The molecule has 2 unspecified atom stereocenters. The average Bonchev–Trinajstić information content (AvgIpc) is 2.42. The Morgan fingerprint density at radius 3 is 2.56 bits per heavy atom. The first-order valence-electron chi connectivity index (χ1n) is 6.77. The van der Waals surface area contributed by atoms with E-state index in [1.165, 1.54) is 11.1 Å². The van der Waals surface area contributed by atoms with Crippen LogP contribution in [0.1, 0.15) is 25.0 Å². The van der Waals surface area contributed by atoms with Gasteiger partial charge in [0.25, 0.3) is 0 Å². The molecule has 0 spiro atoms. The summed E-state index contributed by atoms with van der Waals surface area (Å²) in [5, 5.41) is 9.18. The summed E-state index contributed by atoms with van der Waals surface area (Å²) >= 11 is 0. The summed E-state index contributed by atoms with van der Waals surface area (Å²) in [6, 6.07) is 9.22. The van der Waals surface area contributed by atoms with Gasteiger partial charge in [-0.25, -0.2) is 0 Å². The normalized spacial score (nSPS) is 25.3. The molecule has 1 N–H and O–H groups in total. The average molecular weight is 249 g/mol. The number of aliphatic hydroxyl groups is 1. The summed E-state index contributed by atoms with van der Waals surface area (Å²) in [7, 11) is 0. The van der Waals surface area contributed by atoms with E-state index in [1.807, 2.05) is 0 Å². The van der Waals surface area contributed by atoms with Crippen LogP contribution in [-0.2, 0) is 17.7 Å². The fourth-order valence-corrected chi connectivity index (χ4v) is 2.32. The number of hydrogen-bond donors (Lipinski definition) is 1. The molecule has 1 aliphatic heterocycles. The molecule has 1 aromatic rings. The van der Waals surface area contributed by atoms with Crippen molar-refractivity contribution in [3.63, 3.8) is 0 Å². The van der Waals surface area contributed by atoms with Crippen molar-refractivity contribution in [1.29, 1.82) is 0 Å². The van der Waals surface area contributed by atoms with Crippen LogP contribution in [0, 0.1) is 0 Å². The third kappa shape index (κ3) is 3.31. The van der Waals surface area contributed by atoms with Gasteiger partial charge in [0, 0.05) is 19.1 Å². The van der Waals surface area contributed by atoms with Crippen LogP contribution in [0.3, 0.4) is 0 Å². The van der Waals surface area contributed by atoms with Gasteiger partial charge >= 0.3 is 0 Å². The zero-order valence-corrected chi connectivity index (χ0v) is 11.3. The third-order valence-corrected chi connectivity index (χ3v) is 3.66. The first-order chi connectivity index (χ1) is 8.72. The third-order valence-electron chi connectivity index (χ3n) is 3.66. The predicted octanol–water partition coefficient (Wildman–Crippen LogP) is 1.83. The Balaban J connectivity index is 1.97. The second kappa shape index (κ2) is 6.32. The van der Waals surface area contributed by atoms with Crippen LogP contribution in [0.25, 0.3) is 0 Å². The van der Waals surface area contributed by atoms with Crippen LogP contribution < -0.4 is 0 Å². The van der Waals surface area contributed by atoms with E-state index in [2.05, 4.69) is 43.0 Å². The van der Waals surface area contributed by atoms with Gasteiger partial charge < -0.3 is 9.84 Å². The van der Waals surface area contributed by atoms with E-state index in [-0.39, 0.29) is 12.7 Å². The summed E-state index contributed by atoms with van der Waals surface area (Å²) in [5.74, 6) is 0. The number of nitrogens with zero attached hydrogens (tertiary/aromatic N) is 1. The summed E-state index contributed by atoms with van der Waals surface area (Å²) in [4.78, 5) is 2.38. The van der Waals surface area contributed by atoms with E-state index >= 15 is 0 Å². The monoisotopic (exact) mass is 249 g/mol. The quantitative estimate of drug-likeness (QED) is 0.883. The SMILES string of the molecule is CCc1ccc(CN2CC(CO)OCC2C)cc1. The van der Waals surface area contributed by atoms with Crippen LogP contribution in [0.4, 0.5) is 0 Å². The maximum Gasteiger partial charge on any atom is 0.0933 e. The molecule has 3 nitrogen and oxygen atoms in total. The number of benzene rings is 1. The van der Waals surface area contributed by atoms with Gasteiger partial charge in [-0.2, -0.15) is 0 Å². The van der Waals surface area contributed by atoms with Crippen molar-refractivity contribution < 1.29 is 9.84 Å². The Morgan fingerprint density at radius 2 is 1.94 bits per heavy atom. The molecule has 1 aliphatic rings. The van der Waals surface area contributed by atoms with E-state index in [9.17, 15) is 5.11 Å². The van der Waals surface area contributed by atoms with Crippen molar-refractivity contribution in [2.75, 3.05) is 19.8 Å². The molecule has 1 aromatic carbocycles. The molecular weight excluding hydrogens is 226 g/mol. The first-order valence-corrected chi connectivity index (χ1v) is 6.77. The Labute approximate surface area is 109 Å². The van der Waals surface area contributed by atoms with E-state index in [0.717, 1.165) is 19.5 Å². The molecule has 0 bridgehead atoms.